The molecule has 2 fully saturated rings. The standard InChI is InChI=1S/C41H49ClN6O3/c1-3-38(49)46-21-23-47(24-22-46)40-34-17-20-48(37-16-8-13-32-12-7-15-35(42)39(32)37)27-36(34)43-41(44-40)51-29-33-14-9-19-45(33)18-4-5-25-50-28-31-11-6-10-30(2)26-31/h3,6-8,10-13,15-16,26,33H,1,4-5,9,14,17-25,27-29H2,2H3. The first kappa shape index (κ1) is 35.2. The summed E-state index contributed by atoms with van der Waals surface area (Å²) < 4.78 is 12.5. The minimum atomic E-state index is -0.0244. The number of hydrogen-bond donors (Lipinski definition) is 0. The molecule has 0 bridgehead atoms. The van der Waals surface area contributed by atoms with Crippen LogP contribution in [0.25, 0.3) is 10.8 Å². The fraction of sp³-hybridized carbons (Fsp3) is 0.439. The molecule has 0 saturated carbocycles. The SMILES string of the molecule is C=CC(=O)N1CCN(c2nc(OCC3CCCN3CCCCOCc3cccc(C)c3)nc3c2CCN(c2cccc4cccc(Cl)c24)C3)CC1. The lowest BCUT2D eigenvalue weighted by molar-refractivity contribution is -0.126. The first-order valence-electron chi connectivity index (χ1n) is 18.5. The minimum Gasteiger partial charge on any atom is -0.462 e. The van der Waals surface area contributed by atoms with Gasteiger partial charge in [-0.1, -0.05) is 72.3 Å². The van der Waals surface area contributed by atoms with Gasteiger partial charge in [-0.15, -0.1) is 0 Å². The number of ether oxygens (including phenoxy) is 2. The maximum absolute atomic E-state index is 12.3. The smallest absolute Gasteiger partial charge is 0.318 e. The minimum absolute atomic E-state index is 0.0244. The Kier molecular flexibility index (Phi) is 11.4. The molecule has 1 unspecified atom stereocenters. The molecule has 268 valence electrons. The second-order valence-electron chi connectivity index (χ2n) is 13.9. The Bertz CT molecular complexity index is 1840. The van der Waals surface area contributed by atoms with E-state index in [9.17, 15) is 4.79 Å². The summed E-state index contributed by atoms with van der Waals surface area (Å²) in [5.74, 6) is 0.911. The number of carbonyl (C=O) groups excluding carboxylic acids is 1. The first-order chi connectivity index (χ1) is 25.0. The van der Waals surface area contributed by atoms with Gasteiger partial charge in [-0.05, 0) is 81.3 Å². The van der Waals surface area contributed by atoms with Crippen LogP contribution in [0.15, 0.2) is 73.3 Å². The number of anilines is 2. The molecule has 1 atom stereocenters. The lowest BCUT2D eigenvalue weighted by Crippen LogP contribution is -2.49. The highest BCUT2D eigenvalue weighted by Crippen LogP contribution is 2.37. The molecule has 9 nitrogen and oxygen atoms in total. The van der Waals surface area contributed by atoms with Gasteiger partial charge in [-0.2, -0.15) is 9.97 Å². The number of likely N-dealkylation sites (tertiary alicyclic amines) is 1. The Labute approximate surface area is 306 Å². The molecule has 4 aromatic rings. The summed E-state index contributed by atoms with van der Waals surface area (Å²) >= 11 is 6.75. The van der Waals surface area contributed by atoms with E-state index in [1.807, 2.05) is 17.0 Å². The van der Waals surface area contributed by atoms with Crippen LogP contribution in [0, 0.1) is 6.92 Å². The van der Waals surface area contributed by atoms with E-state index in [0.717, 1.165) is 84.9 Å². The molecule has 1 aromatic heterocycles. The molecular weight excluding hydrogens is 660 g/mol. The van der Waals surface area contributed by atoms with E-state index < -0.39 is 0 Å². The summed E-state index contributed by atoms with van der Waals surface area (Å²) in [6.07, 6.45) is 6.62. The van der Waals surface area contributed by atoms with Crippen LogP contribution in [-0.4, -0.2) is 90.7 Å². The van der Waals surface area contributed by atoms with Gasteiger partial charge >= 0.3 is 6.01 Å². The van der Waals surface area contributed by atoms with Crippen LogP contribution in [0.2, 0.25) is 5.02 Å². The van der Waals surface area contributed by atoms with Gasteiger partial charge in [-0.25, -0.2) is 0 Å². The quantitative estimate of drug-likeness (QED) is 0.111. The Hall–Kier alpha value is -4.18. The highest BCUT2D eigenvalue weighted by Gasteiger charge is 2.30. The van der Waals surface area contributed by atoms with Crippen LogP contribution in [0.5, 0.6) is 6.01 Å². The molecule has 4 heterocycles. The van der Waals surface area contributed by atoms with E-state index in [4.69, 9.17) is 31.0 Å². The van der Waals surface area contributed by atoms with Gasteiger partial charge < -0.3 is 24.2 Å². The molecule has 10 heteroatoms. The third kappa shape index (κ3) is 8.32. The summed E-state index contributed by atoms with van der Waals surface area (Å²) in [4.78, 5) is 31.5. The number of amides is 1. The number of halogens is 1. The number of piperazine rings is 1. The van der Waals surface area contributed by atoms with Crippen molar-refractivity contribution in [3.05, 3.63) is 101 Å². The predicted octanol–water partition coefficient (Wildman–Crippen LogP) is 6.83. The zero-order chi connectivity index (χ0) is 35.2. The molecule has 2 saturated heterocycles. The number of benzene rings is 3. The fourth-order valence-corrected chi connectivity index (χ4v) is 8.07. The van der Waals surface area contributed by atoms with E-state index in [1.165, 1.54) is 29.2 Å². The van der Waals surface area contributed by atoms with E-state index in [1.54, 1.807) is 0 Å². The van der Waals surface area contributed by atoms with Gasteiger partial charge in [0.15, 0.2) is 0 Å². The number of nitrogens with zero attached hydrogens (tertiary/aromatic N) is 6. The Balaban J connectivity index is 1.03. The van der Waals surface area contributed by atoms with Crippen LogP contribution in [0.4, 0.5) is 11.5 Å². The zero-order valence-electron chi connectivity index (χ0n) is 29.7. The Morgan fingerprint density at radius 1 is 0.980 bits per heavy atom. The summed E-state index contributed by atoms with van der Waals surface area (Å²) in [6, 6.07) is 21.7. The number of hydrogen-bond acceptors (Lipinski definition) is 8. The molecule has 1 amide bonds. The predicted molar refractivity (Wildman–Crippen MR) is 205 cm³/mol. The van der Waals surface area contributed by atoms with Crippen molar-refractivity contribution in [1.29, 1.82) is 0 Å². The maximum Gasteiger partial charge on any atom is 0.318 e. The average Bonchev–Trinajstić information content (AvgIpc) is 3.61. The summed E-state index contributed by atoms with van der Waals surface area (Å²) in [6.45, 7) is 14.1. The van der Waals surface area contributed by atoms with Crippen LogP contribution < -0.4 is 14.5 Å². The second kappa shape index (κ2) is 16.4. The lowest BCUT2D eigenvalue weighted by Gasteiger charge is -2.38. The summed E-state index contributed by atoms with van der Waals surface area (Å²) in [5, 5.41) is 2.95. The molecule has 3 aliphatic heterocycles. The Morgan fingerprint density at radius 2 is 1.80 bits per heavy atom. The van der Waals surface area contributed by atoms with E-state index in [0.29, 0.717) is 58.0 Å². The topological polar surface area (TPSA) is 74.3 Å². The van der Waals surface area contributed by atoms with Crippen molar-refractivity contribution in [2.24, 2.45) is 0 Å². The third-order valence-electron chi connectivity index (χ3n) is 10.5. The van der Waals surface area contributed by atoms with Crippen LogP contribution in [0.3, 0.4) is 0 Å². The van der Waals surface area contributed by atoms with Gasteiger partial charge in [0.2, 0.25) is 5.91 Å². The fourth-order valence-electron chi connectivity index (χ4n) is 7.79. The van der Waals surface area contributed by atoms with Gasteiger partial charge in [0.1, 0.15) is 12.4 Å². The highest BCUT2D eigenvalue weighted by atomic mass is 35.5. The number of fused-ring (bicyclic) bond motifs is 2. The molecular formula is C41H49ClN6O3. The molecule has 7 rings (SSSR count). The molecule has 0 radical (unpaired) electrons. The van der Waals surface area contributed by atoms with Crippen molar-refractivity contribution >= 4 is 39.8 Å². The van der Waals surface area contributed by atoms with Gasteiger partial charge in [0.05, 0.1) is 23.9 Å². The first-order valence-corrected chi connectivity index (χ1v) is 18.8. The monoisotopic (exact) mass is 708 g/mol. The average molecular weight is 709 g/mol. The number of rotatable bonds is 13. The van der Waals surface area contributed by atoms with Crippen molar-refractivity contribution in [2.45, 2.75) is 58.2 Å². The number of aryl methyl sites for hydroxylation is 1. The molecule has 0 aliphatic carbocycles. The molecule has 51 heavy (non-hydrogen) atoms. The van der Waals surface area contributed by atoms with Crippen LogP contribution >= 0.6 is 11.6 Å². The van der Waals surface area contributed by atoms with Crippen LogP contribution in [-0.2, 0) is 29.1 Å². The van der Waals surface area contributed by atoms with Crippen molar-refractivity contribution in [3.63, 3.8) is 0 Å². The second-order valence-corrected chi connectivity index (χ2v) is 14.4. The van der Waals surface area contributed by atoms with Gasteiger partial charge in [0.25, 0.3) is 0 Å². The normalized spacial score (nSPS) is 17.9. The van der Waals surface area contributed by atoms with Crippen molar-refractivity contribution in [2.75, 3.05) is 68.8 Å². The number of aromatic nitrogens is 2. The molecule has 0 spiro atoms. The summed E-state index contributed by atoms with van der Waals surface area (Å²) in [5.41, 5.74) is 5.77. The summed E-state index contributed by atoms with van der Waals surface area (Å²) in [7, 11) is 0. The van der Waals surface area contributed by atoms with E-state index in [2.05, 4.69) is 76.7 Å². The largest absolute Gasteiger partial charge is 0.462 e. The molecule has 3 aromatic carbocycles. The van der Waals surface area contributed by atoms with E-state index >= 15 is 0 Å². The lowest BCUT2D eigenvalue weighted by atomic mass is 10.0. The van der Waals surface area contributed by atoms with Crippen molar-refractivity contribution < 1.29 is 14.3 Å². The number of unbranched alkanes of at least 4 members (excludes halogenated alkanes) is 1. The van der Waals surface area contributed by atoms with E-state index in [-0.39, 0.29) is 5.91 Å². The van der Waals surface area contributed by atoms with Gasteiger partial charge in [-0.3, -0.25) is 9.69 Å². The van der Waals surface area contributed by atoms with Gasteiger partial charge in [0, 0.05) is 62.0 Å². The molecule has 3 aliphatic rings. The Morgan fingerprint density at radius 3 is 2.63 bits per heavy atom. The maximum atomic E-state index is 12.3. The van der Waals surface area contributed by atoms with Crippen molar-refractivity contribution in [1.82, 2.24) is 19.8 Å². The third-order valence-corrected chi connectivity index (χ3v) is 10.8. The zero-order valence-corrected chi connectivity index (χ0v) is 30.5. The number of carbonyl (C=O) groups is 1. The van der Waals surface area contributed by atoms with Crippen LogP contribution in [0.1, 0.15) is 48.1 Å². The van der Waals surface area contributed by atoms with Crippen molar-refractivity contribution in [3.8, 4) is 6.01 Å². The molecule has 0 N–H and O–H groups in total. The highest BCUT2D eigenvalue weighted by molar-refractivity contribution is 6.36.